The van der Waals surface area contributed by atoms with E-state index in [1.165, 1.54) is 18.0 Å². The molecule has 0 amide bonds. The van der Waals surface area contributed by atoms with E-state index < -0.39 is 14.6 Å². The van der Waals surface area contributed by atoms with Gasteiger partial charge in [-0.25, -0.2) is 0 Å². The number of hydrogen-bond acceptors (Lipinski definition) is 2. The van der Waals surface area contributed by atoms with Crippen molar-refractivity contribution in [2.75, 3.05) is 0 Å². The van der Waals surface area contributed by atoms with Gasteiger partial charge < -0.3 is 9.05 Å². The Labute approximate surface area is 71.7 Å². The van der Waals surface area contributed by atoms with E-state index in [4.69, 9.17) is 0 Å². The molecule has 1 atom stereocenters. The SMILES string of the molecule is C=[O+]C(C)=[O+]P([O-])[O+]([CH2-])C(C)=O. The van der Waals surface area contributed by atoms with Crippen LogP contribution in [0.1, 0.15) is 13.8 Å². The summed E-state index contributed by atoms with van der Waals surface area (Å²) < 4.78 is 10.4. The summed E-state index contributed by atoms with van der Waals surface area (Å²) in [7, 11) is 0.738. The van der Waals surface area contributed by atoms with Gasteiger partial charge >= 0.3 is 20.5 Å². The fourth-order valence-corrected chi connectivity index (χ4v) is 0.844. The molecule has 0 saturated heterocycles. The molecule has 12 heavy (non-hydrogen) atoms. The zero-order valence-electron chi connectivity index (χ0n) is 6.90. The van der Waals surface area contributed by atoms with Gasteiger partial charge in [-0.3, -0.25) is 0 Å². The Hall–Kier alpha value is -0.800. The molecule has 0 N–H and O–H groups in total. The van der Waals surface area contributed by atoms with Gasteiger partial charge in [-0.05, 0) is 0 Å². The Balaban J connectivity index is 4.30. The van der Waals surface area contributed by atoms with Crippen molar-refractivity contribution in [2.24, 2.45) is 0 Å². The van der Waals surface area contributed by atoms with Crippen molar-refractivity contribution in [1.29, 1.82) is 0 Å². The molecule has 0 aromatic heterocycles. The summed E-state index contributed by atoms with van der Waals surface area (Å²) in [5.74, 6) is -0.536. The predicted molar refractivity (Wildman–Crippen MR) is 41.8 cm³/mol. The molecule has 0 aliphatic heterocycles. The first-order valence-corrected chi connectivity index (χ1v) is 4.04. The maximum absolute atomic E-state index is 11.0. The van der Waals surface area contributed by atoms with Gasteiger partial charge in [0.15, 0.2) is 6.92 Å². The van der Waals surface area contributed by atoms with E-state index in [1.54, 1.807) is 0 Å². The largest absolute Gasteiger partial charge is 0.714 e. The molecule has 0 bridgehead atoms. The standard InChI is InChI=1S/C6H10O5P/c1-5(7)11(4)12(8)10-6(2)9-3/h3-4H2,1-2H3/q+1. The third-order valence-electron chi connectivity index (χ3n) is 0.918. The molecule has 0 saturated carbocycles. The van der Waals surface area contributed by atoms with E-state index in [0.29, 0.717) is 0 Å². The minimum atomic E-state index is -2.39. The van der Waals surface area contributed by atoms with Crippen LogP contribution in [0.25, 0.3) is 0 Å². The molecule has 0 aliphatic rings. The van der Waals surface area contributed by atoms with Gasteiger partial charge in [0, 0.05) is 4.79 Å². The Bertz CT molecular complexity index is 212. The summed E-state index contributed by atoms with van der Waals surface area (Å²) in [6, 6.07) is 0. The highest BCUT2D eigenvalue weighted by atomic mass is 31.2. The smallest absolute Gasteiger partial charge is 0.690 e. The van der Waals surface area contributed by atoms with Crippen LogP contribution in [0.2, 0.25) is 0 Å². The highest BCUT2D eigenvalue weighted by Gasteiger charge is 2.25. The molecule has 0 aliphatic carbocycles. The van der Waals surface area contributed by atoms with Gasteiger partial charge in [-0.15, -0.1) is 15.7 Å². The Morgan fingerprint density at radius 1 is 1.67 bits per heavy atom. The van der Waals surface area contributed by atoms with Gasteiger partial charge in [0.1, 0.15) is 0 Å². The summed E-state index contributed by atoms with van der Waals surface area (Å²) in [5, 5.41) is 0. The summed E-state index contributed by atoms with van der Waals surface area (Å²) in [6.07, 6.45) is 0. The molecule has 0 fully saturated rings. The van der Waals surface area contributed by atoms with E-state index >= 15 is 0 Å². The minimum absolute atomic E-state index is 0.00138. The second kappa shape index (κ2) is 4.95. The maximum Gasteiger partial charge on any atom is 0.714 e. The Kier molecular flexibility index (Phi) is 4.62. The first-order chi connectivity index (χ1) is 5.49. The van der Waals surface area contributed by atoms with Crippen LogP contribution in [0.3, 0.4) is 0 Å². The van der Waals surface area contributed by atoms with E-state index in [2.05, 4.69) is 22.5 Å². The molecule has 0 spiro atoms. The van der Waals surface area contributed by atoms with Crippen molar-refractivity contribution in [2.45, 2.75) is 13.8 Å². The van der Waals surface area contributed by atoms with Gasteiger partial charge in [-0.2, -0.15) is 0 Å². The lowest BCUT2D eigenvalue weighted by Crippen LogP contribution is -2.15. The van der Waals surface area contributed by atoms with Crippen LogP contribution in [0.5, 0.6) is 0 Å². The average Bonchev–Trinajstić information content (AvgIpc) is 2.02. The van der Waals surface area contributed by atoms with Crippen molar-refractivity contribution >= 4 is 27.3 Å². The lowest BCUT2D eigenvalue weighted by molar-refractivity contribution is -0.450. The molecular weight excluding hydrogens is 183 g/mol. The molecule has 0 rings (SSSR count). The molecule has 1 unspecified atom stereocenters. The molecule has 5 nitrogen and oxygen atoms in total. The van der Waals surface area contributed by atoms with Gasteiger partial charge in [0.2, 0.25) is 0 Å². The first kappa shape index (κ1) is 11.2. The zero-order valence-corrected chi connectivity index (χ0v) is 7.80. The molecule has 0 aromatic rings. The van der Waals surface area contributed by atoms with E-state index in [0.717, 1.165) is 0 Å². The van der Waals surface area contributed by atoms with Crippen molar-refractivity contribution in [3.05, 3.63) is 7.11 Å². The van der Waals surface area contributed by atoms with Crippen molar-refractivity contribution in [3.63, 3.8) is 0 Å². The fourth-order valence-electron chi connectivity index (χ4n) is 0.281. The van der Waals surface area contributed by atoms with Gasteiger partial charge in [-0.1, -0.05) is 0 Å². The summed E-state index contributed by atoms with van der Waals surface area (Å²) >= 11 is 0. The first-order valence-electron chi connectivity index (χ1n) is 2.94. The quantitative estimate of drug-likeness (QED) is 0.266. The topological polar surface area (TPSA) is 65.4 Å². The van der Waals surface area contributed by atoms with Crippen LogP contribution in [0, 0.1) is 7.11 Å². The Morgan fingerprint density at radius 2 is 2.17 bits per heavy atom. The monoisotopic (exact) mass is 193 g/mol. The zero-order chi connectivity index (χ0) is 9.72. The number of hydrogen-bond donors (Lipinski definition) is 0. The highest BCUT2D eigenvalue weighted by molar-refractivity contribution is 7.38. The molecule has 6 heteroatoms. The number of rotatable bonds is 2. The van der Waals surface area contributed by atoms with Crippen LogP contribution in [-0.4, -0.2) is 18.7 Å². The third kappa shape index (κ3) is 3.55. The lowest BCUT2D eigenvalue weighted by atomic mass is 10.8. The number of carbonyl (C=O) groups is 1. The second-order valence-electron chi connectivity index (χ2n) is 1.81. The van der Waals surface area contributed by atoms with Gasteiger partial charge in [0.05, 0.1) is 6.92 Å². The predicted octanol–water partition coefficient (Wildman–Crippen LogP) is -0.0894. The second-order valence-corrected chi connectivity index (χ2v) is 2.88. The summed E-state index contributed by atoms with van der Waals surface area (Å²) in [5.41, 5.74) is 0. The molecule has 0 radical (unpaired) electrons. The summed E-state index contributed by atoms with van der Waals surface area (Å²) in [4.78, 5) is 21.5. The normalized spacial score (nSPS) is 13.8. The minimum Gasteiger partial charge on any atom is -0.690 e. The molecule has 68 valence electrons. The van der Waals surface area contributed by atoms with Crippen LogP contribution in [0.4, 0.5) is 0 Å². The van der Waals surface area contributed by atoms with Crippen LogP contribution in [-0.2, 0) is 17.6 Å². The maximum atomic E-state index is 11.0. The van der Waals surface area contributed by atoms with Crippen LogP contribution >= 0.6 is 8.60 Å². The Morgan fingerprint density at radius 3 is 2.50 bits per heavy atom. The van der Waals surface area contributed by atoms with Gasteiger partial charge in [0.25, 0.3) is 6.79 Å². The number of carbonyl (C=O) groups excluding carboxylic acids is 3. The van der Waals surface area contributed by atoms with Crippen LogP contribution in [0.15, 0.2) is 0 Å². The van der Waals surface area contributed by atoms with Crippen LogP contribution < -0.4 is 4.89 Å². The molecule has 0 heterocycles. The van der Waals surface area contributed by atoms with E-state index in [9.17, 15) is 9.69 Å². The summed E-state index contributed by atoms with van der Waals surface area (Å²) in [6.45, 7) is 5.62. The van der Waals surface area contributed by atoms with Crippen molar-refractivity contribution in [1.82, 2.24) is 0 Å². The third-order valence-corrected chi connectivity index (χ3v) is 1.94. The van der Waals surface area contributed by atoms with E-state index in [1.807, 2.05) is 0 Å². The van der Waals surface area contributed by atoms with Crippen molar-refractivity contribution < 1.29 is 22.5 Å². The molecular formula is C6H10O5P+. The lowest BCUT2D eigenvalue weighted by Gasteiger charge is -2.21. The van der Waals surface area contributed by atoms with E-state index in [-0.39, 0.29) is 5.97 Å². The van der Waals surface area contributed by atoms with Crippen molar-refractivity contribution in [3.8, 4) is 0 Å². The highest BCUT2D eigenvalue weighted by Crippen LogP contribution is 2.32. The average molecular weight is 193 g/mol. The molecule has 0 aromatic carbocycles. The fraction of sp³-hybridized carbons (Fsp3) is 0.333.